The van der Waals surface area contributed by atoms with Crippen LogP contribution in [-0.2, 0) is 6.42 Å². The summed E-state index contributed by atoms with van der Waals surface area (Å²) in [5, 5.41) is 0.630. The van der Waals surface area contributed by atoms with Crippen molar-refractivity contribution in [3.8, 4) is 0 Å². The summed E-state index contributed by atoms with van der Waals surface area (Å²) in [6.07, 6.45) is 3.54. The van der Waals surface area contributed by atoms with Gasteiger partial charge in [0.2, 0.25) is 0 Å². The Kier molecular flexibility index (Phi) is 3.32. The van der Waals surface area contributed by atoms with Crippen molar-refractivity contribution in [2.45, 2.75) is 6.42 Å². The molecular formula is C13H10ClNO. The second kappa shape index (κ2) is 4.90. The fourth-order valence-electron chi connectivity index (χ4n) is 1.45. The van der Waals surface area contributed by atoms with E-state index in [1.54, 1.807) is 30.6 Å². The molecule has 0 aliphatic heterocycles. The van der Waals surface area contributed by atoms with Gasteiger partial charge in [0, 0.05) is 29.4 Å². The third kappa shape index (κ3) is 2.47. The molecule has 1 heterocycles. The Bertz CT molecular complexity index is 496. The van der Waals surface area contributed by atoms with Crippen LogP contribution in [0.3, 0.4) is 0 Å². The highest BCUT2D eigenvalue weighted by Gasteiger charge is 2.08. The third-order valence-electron chi connectivity index (χ3n) is 2.31. The van der Waals surface area contributed by atoms with Crippen LogP contribution in [0.1, 0.15) is 15.9 Å². The maximum atomic E-state index is 11.9. The van der Waals surface area contributed by atoms with Crippen molar-refractivity contribution in [1.29, 1.82) is 0 Å². The summed E-state index contributed by atoms with van der Waals surface area (Å²) in [5.74, 6) is 0.0514. The van der Waals surface area contributed by atoms with Gasteiger partial charge in [-0.05, 0) is 23.8 Å². The van der Waals surface area contributed by atoms with Crippen LogP contribution in [0.5, 0.6) is 0 Å². The molecule has 0 aliphatic rings. The predicted molar refractivity (Wildman–Crippen MR) is 63.7 cm³/mol. The molecule has 3 heteroatoms. The number of carbonyl (C=O) groups excluding carboxylic acids is 1. The summed E-state index contributed by atoms with van der Waals surface area (Å²) in [5.41, 5.74) is 1.51. The van der Waals surface area contributed by atoms with E-state index in [4.69, 9.17) is 11.6 Å². The molecule has 0 radical (unpaired) electrons. The van der Waals surface area contributed by atoms with Gasteiger partial charge in [0.25, 0.3) is 0 Å². The number of halogens is 1. The minimum Gasteiger partial charge on any atom is -0.294 e. The van der Waals surface area contributed by atoms with Crippen molar-refractivity contribution in [1.82, 2.24) is 4.98 Å². The van der Waals surface area contributed by atoms with Crippen molar-refractivity contribution >= 4 is 17.4 Å². The Morgan fingerprint density at radius 1 is 1.12 bits per heavy atom. The van der Waals surface area contributed by atoms with Crippen LogP contribution in [0, 0.1) is 0 Å². The van der Waals surface area contributed by atoms with Gasteiger partial charge in [-0.25, -0.2) is 0 Å². The first-order valence-electron chi connectivity index (χ1n) is 4.94. The Hall–Kier alpha value is -1.67. The first-order chi connectivity index (χ1) is 7.77. The van der Waals surface area contributed by atoms with E-state index in [0.29, 0.717) is 17.0 Å². The zero-order valence-electron chi connectivity index (χ0n) is 8.56. The maximum Gasteiger partial charge on any atom is 0.167 e. The average Bonchev–Trinajstić information content (AvgIpc) is 2.33. The molecule has 80 valence electrons. The number of hydrogen-bond donors (Lipinski definition) is 0. The van der Waals surface area contributed by atoms with E-state index in [9.17, 15) is 4.79 Å². The molecule has 0 N–H and O–H groups in total. The van der Waals surface area contributed by atoms with Crippen molar-refractivity contribution in [2.75, 3.05) is 0 Å². The summed E-state index contributed by atoms with van der Waals surface area (Å²) in [6.45, 7) is 0. The lowest BCUT2D eigenvalue weighted by Gasteiger charge is -2.03. The number of aromatic nitrogens is 1. The van der Waals surface area contributed by atoms with E-state index < -0.39 is 0 Å². The molecule has 0 saturated carbocycles. The summed E-state index contributed by atoms with van der Waals surface area (Å²) in [6, 6.07) is 10.8. The molecule has 0 spiro atoms. The molecule has 0 bridgehead atoms. The second-order valence-corrected chi connectivity index (χ2v) is 3.83. The Morgan fingerprint density at radius 3 is 2.50 bits per heavy atom. The summed E-state index contributed by atoms with van der Waals surface area (Å²) in [4.78, 5) is 15.8. The number of ketones is 1. The quantitative estimate of drug-likeness (QED) is 0.760. The molecule has 0 unspecified atom stereocenters. The van der Waals surface area contributed by atoms with E-state index >= 15 is 0 Å². The topological polar surface area (TPSA) is 30.0 Å². The Labute approximate surface area is 98.9 Å². The van der Waals surface area contributed by atoms with E-state index in [1.807, 2.05) is 18.2 Å². The monoisotopic (exact) mass is 231 g/mol. The normalized spacial score (nSPS) is 10.1. The fraction of sp³-hybridized carbons (Fsp3) is 0.0769. The molecule has 0 amide bonds. The van der Waals surface area contributed by atoms with Gasteiger partial charge in [-0.1, -0.05) is 29.8 Å². The highest BCUT2D eigenvalue weighted by molar-refractivity contribution is 6.31. The van der Waals surface area contributed by atoms with Gasteiger partial charge in [-0.3, -0.25) is 9.78 Å². The number of rotatable bonds is 3. The van der Waals surface area contributed by atoms with Gasteiger partial charge in [-0.2, -0.15) is 0 Å². The van der Waals surface area contributed by atoms with Gasteiger partial charge in [0.05, 0.1) is 0 Å². The number of carbonyl (C=O) groups is 1. The Balaban J connectivity index is 2.18. The van der Waals surface area contributed by atoms with Crippen LogP contribution in [0.2, 0.25) is 5.02 Å². The van der Waals surface area contributed by atoms with Crippen LogP contribution in [0.15, 0.2) is 48.8 Å². The minimum atomic E-state index is 0.0514. The van der Waals surface area contributed by atoms with Crippen molar-refractivity contribution in [3.63, 3.8) is 0 Å². The van der Waals surface area contributed by atoms with E-state index in [1.165, 1.54) is 0 Å². The molecule has 0 fully saturated rings. The first-order valence-corrected chi connectivity index (χ1v) is 5.32. The largest absolute Gasteiger partial charge is 0.294 e. The van der Waals surface area contributed by atoms with Crippen LogP contribution in [0.4, 0.5) is 0 Å². The SMILES string of the molecule is O=C(Cc1ccccc1Cl)c1ccncc1. The third-order valence-corrected chi connectivity index (χ3v) is 2.68. The molecule has 16 heavy (non-hydrogen) atoms. The summed E-state index contributed by atoms with van der Waals surface area (Å²) >= 11 is 5.99. The van der Waals surface area contributed by atoms with Gasteiger partial charge in [0.1, 0.15) is 0 Å². The van der Waals surface area contributed by atoms with Gasteiger partial charge in [-0.15, -0.1) is 0 Å². The summed E-state index contributed by atoms with van der Waals surface area (Å²) < 4.78 is 0. The smallest absolute Gasteiger partial charge is 0.167 e. The van der Waals surface area contributed by atoms with Gasteiger partial charge < -0.3 is 0 Å². The lowest BCUT2D eigenvalue weighted by molar-refractivity contribution is 0.0993. The van der Waals surface area contributed by atoms with Crippen LogP contribution in [-0.4, -0.2) is 10.8 Å². The molecule has 1 aromatic heterocycles. The van der Waals surface area contributed by atoms with E-state index in [-0.39, 0.29) is 5.78 Å². The number of benzene rings is 1. The van der Waals surface area contributed by atoms with Crippen molar-refractivity contribution in [2.24, 2.45) is 0 Å². The Morgan fingerprint density at radius 2 is 1.81 bits per heavy atom. The fourth-order valence-corrected chi connectivity index (χ4v) is 1.66. The number of hydrogen-bond acceptors (Lipinski definition) is 2. The molecule has 0 atom stereocenters. The van der Waals surface area contributed by atoms with Crippen LogP contribution >= 0.6 is 11.6 Å². The molecule has 1 aromatic carbocycles. The summed E-state index contributed by atoms with van der Waals surface area (Å²) in [7, 11) is 0. The number of pyridine rings is 1. The highest BCUT2D eigenvalue weighted by Crippen LogP contribution is 2.17. The number of Topliss-reactive ketones (excluding diaryl/α,β-unsaturated/α-hetero) is 1. The van der Waals surface area contributed by atoms with Crippen LogP contribution in [0.25, 0.3) is 0 Å². The van der Waals surface area contributed by atoms with Crippen molar-refractivity contribution < 1.29 is 4.79 Å². The second-order valence-electron chi connectivity index (χ2n) is 3.43. The standard InChI is InChI=1S/C13H10ClNO/c14-12-4-2-1-3-11(12)9-13(16)10-5-7-15-8-6-10/h1-8H,9H2. The molecule has 0 saturated heterocycles. The van der Waals surface area contributed by atoms with Gasteiger partial charge in [0.15, 0.2) is 5.78 Å². The molecule has 2 nitrogen and oxygen atoms in total. The first kappa shape index (κ1) is 10.8. The highest BCUT2D eigenvalue weighted by atomic mass is 35.5. The van der Waals surface area contributed by atoms with Crippen LogP contribution < -0.4 is 0 Å². The number of nitrogens with zero attached hydrogens (tertiary/aromatic N) is 1. The molecular weight excluding hydrogens is 222 g/mol. The van der Waals surface area contributed by atoms with Gasteiger partial charge >= 0.3 is 0 Å². The average molecular weight is 232 g/mol. The van der Waals surface area contributed by atoms with Crippen molar-refractivity contribution in [3.05, 3.63) is 64.9 Å². The lowest BCUT2D eigenvalue weighted by atomic mass is 10.0. The van der Waals surface area contributed by atoms with E-state index in [2.05, 4.69) is 4.98 Å². The lowest BCUT2D eigenvalue weighted by Crippen LogP contribution is -2.03. The zero-order valence-corrected chi connectivity index (χ0v) is 9.32. The molecule has 0 aliphatic carbocycles. The minimum absolute atomic E-state index is 0.0514. The maximum absolute atomic E-state index is 11.9. The predicted octanol–water partition coefficient (Wildman–Crippen LogP) is 3.16. The molecule has 2 rings (SSSR count). The molecule has 2 aromatic rings. The van der Waals surface area contributed by atoms with E-state index in [0.717, 1.165) is 5.56 Å². The zero-order chi connectivity index (χ0) is 11.4.